The molecule has 0 bridgehead atoms. The molecule has 29 heavy (non-hydrogen) atoms. The Hall–Kier alpha value is -1.53. The van der Waals surface area contributed by atoms with Crippen LogP contribution in [0.1, 0.15) is 23.6 Å². The molecule has 0 N–H and O–H groups in total. The van der Waals surface area contributed by atoms with E-state index in [0.717, 1.165) is 6.42 Å². The Kier molecular flexibility index (Phi) is 7.28. The van der Waals surface area contributed by atoms with Gasteiger partial charge in [0.2, 0.25) is 0 Å². The number of allylic oxidation sites excluding steroid dienone is 4. The maximum absolute atomic E-state index is 2.44. The van der Waals surface area contributed by atoms with Gasteiger partial charge in [0, 0.05) is 0 Å². The van der Waals surface area contributed by atoms with Crippen LogP contribution in [0.4, 0.5) is 0 Å². The molecule has 0 amide bonds. The molecule has 0 saturated carbocycles. The molecule has 3 aromatic rings. The summed E-state index contributed by atoms with van der Waals surface area (Å²) in [4.78, 5) is 0. The van der Waals surface area contributed by atoms with Crippen molar-refractivity contribution in [2.75, 3.05) is 0 Å². The summed E-state index contributed by atoms with van der Waals surface area (Å²) < 4.78 is 3.93. The summed E-state index contributed by atoms with van der Waals surface area (Å²) in [6.07, 6.45) is 10.4. The van der Waals surface area contributed by atoms with Crippen molar-refractivity contribution in [1.82, 2.24) is 0 Å². The summed E-state index contributed by atoms with van der Waals surface area (Å²) >= 11 is -2.13. The number of rotatable bonds is 3. The van der Waals surface area contributed by atoms with Gasteiger partial charge < -0.3 is 24.8 Å². The molecule has 0 radical (unpaired) electrons. The van der Waals surface area contributed by atoms with Crippen molar-refractivity contribution in [3.63, 3.8) is 0 Å². The average Bonchev–Trinajstić information content (AvgIpc) is 3.37. The van der Waals surface area contributed by atoms with Crippen LogP contribution in [0.25, 0.3) is 11.1 Å². The first-order valence-corrected chi connectivity index (χ1v) is 13.5. The van der Waals surface area contributed by atoms with E-state index in [0.29, 0.717) is 3.63 Å². The smallest absolute Gasteiger partial charge is 1.00 e. The Bertz CT molecular complexity index is 1100. The summed E-state index contributed by atoms with van der Waals surface area (Å²) in [5.41, 5.74) is 7.41. The van der Waals surface area contributed by atoms with Gasteiger partial charge in [-0.2, -0.15) is 0 Å². The molecule has 144 valence electrons. The van der Waals surface area contributed by atoms with E-state index in [4.69, 9.17) is 0 Å². The first-order chi connectivity index (χ1) is 13.3. The van der Waals surface area contributed by atoms with Gasteiger partial charge in [-0.1, -0.05) is 0 Å². The van der Waals surface area contributed by atoms with Gasteiger partial charge in [-0.3, -0.25) is 0 Å². The summed E-state index contributed by atoms with van der Waals surface area (Å²) in [5, 5.41) is 0. The van der Waals surface area contributed by atoms with Crippen molar-refractivity contribution in [2.24, 2.45) is 0 Å². The normalized spacial score (nSPS) is 13.9. The van der Waals surface area contributed by atoms with Crippen LogP contribution in [0.2, 0.25) is 3.63 Å². The van der Waals surface area contributed by atoms with Gasteiger partial charge in [-0.05, 0) is 0 Å². The minimum atomic E-state index is -2.13. The molecule has 0 fully saturated rings. The van der Waals surface area contributed by atoms with Crippen LogP contribution in [0.5, 0.6) is 0 Å². The molecule has 0 heterocycles. The summed E-state index contributed by atoms with van der Waals surface area (Å²) in [5.74, 6) is 0. The van der Waals surface area contributed by atoms with E-state index >= 15 is 0 Å². The second-order valence-corrected chi connectivity index (χ2v) is 14.2. The molecule has 2 aliphatic carbocycles. The number of halogens is 2. The Morgan fingerprint density at radius 1 is 0.759 bits per heavy atom. The zero-order valence-corrected chi connectivity index (χ0v) is 20.2. The van der Waals surface area contributed by atoms with E-state index in [-0.39, 0.29) is 24.8 Å². The average molecular weight is 497 g/mol. The molecule has 3 heteroatoms. The van der Waals surface area contributed by atoms with E-state index in [1.54, 1.807) is 12.0 Å². The van der Waals surface area contributed by atoms with Crippen LogP contribution in [-0.2, 0) is 27.7 Å². The van der Waals surface area contributed by atoms with Crippen molar-refractivity contribution < 1.29 is 46.1 Å². The fourth-order valence-corrected chi connectivity index (χ4v) is 12.3. The predicted octanol–water partition coefficient (Wildman–Crippen LogP) is -0.336. The molecule has 2 aliphatic rings. The molecule has 0 atom stereocenters. The summed E-state index contributed by atoms with van der Waals surface area (Å²) in [7, 11) is 0. The van der Waals surface area contributed by atoms with Crippen LogP contribution in [-0.4, -0.2) is 3.21 Å². The van der Waals surface area contributed by atoms with Crippen LogP contribution >= 0.6 is 0 Å². The largest absolute Gasteiger partial charge is 1.00 e. The minimum Gasteiger partial charge on any atom is -1.00 e. The van der Waals surface area contributed by atoms with Crippen LogP contribution in [0.3, 0.4) is 0 Å². The standard InChI is InChI=1S/C13H9.C8H8.C5H5.2ClH.Zr/c1-3-7-12-10(5-1)9-11-6-2-4-8-13(11)12;1-2-8-6-4-3-5-7-8;1-2-4-5-3-1;;;/h1-5,7-8H,9H2;3-7H,1H3;1-5H;2*1H;/q;;;;;+2/p-2. The van der Waals surface area contributed by atoms with Gasteiger partial charge in [0.05, 0.1) is 0 Å². The minimum absolute atomic E-state index is 0. The molecule has 0 aromatic heterocycles. The van der Waals surface area contributed by atoms with Crippen molar-refractivity contribution in [3.8, 4) is 11.1 Å². The van der Waals surface area contributed by atoms with Gasteiger partial charge in [0.15, 0.2) is 0 Å². The van der Waals surface area contributed by atoms with E-state index < -0.39 is 21.3 Å². The third-order valence-electron chi connectivity index (χ3n) is 5.83. The molecular weight excluding hydrogens is 474 g/mol. The van der Waals surface area contributed by atoms with Crippen molar-refractivity contribution in [2.45, 2.75) is 17.0 Å². The predicted molar refractivity (Wildman–Crippen MR) is 113 cm³/mol. The zero-order valence-electron chi connectivity index (χ0n) is 16.3. The Balaban J connectivity index is 0.00000120. The topological polar surface area (TPSA) is 0 Å². The SMILES string of the molecule is C[C](c1ccccc1)=[Zr+2]([c]1cccc2c1Cc1ccccc1-2)[CH]1C=CC=C1.[Cl-].[Cl-]. The van der Waals surface area contributed by atoms with E-state index in [1.807, 2.05) is 0 Å². The van der Waals surface area contributed by atoms with Gasteiger partial charge in [-0.25, -0.2) is 0 Å². The molecule has 0 unspecified atom stereocenters. The monoisotopic (exact) mass is 494 g/mol. The second kappa shape index (κ2) is 9.52. The van der Waals surface area contributed by atoms with Gasteiger partial charge in [0.25, 0.3) is 0 Å². The van der Waals surface area contributed by atoms with Gasteiger partial charge in [-0.15, -0.1) is 0 Å². The van der Waals surface area contributed by atoms with Crippen molar-refractivity contribution in [1.29, 1.82) is 0 Å². The van der Waals surface area contributed by atoms with Crippen LogP contribution in [0.15, 0.2) is 97.1 Å². The van der Waals surface area contributed by atoms with Gasteiger partial charge >= 0.3 is 170 Å². The maximum Gasteiger partial charge on any atom is -1.00 e. The van der Waals surface area contributed by atoms with E-state index in [9.17, 15) is 0 Å². The molecule has 0 aliphatic heterocycles. The Labute approximate surface area is 193 Å². The number of hydrogen-bond donors (Lipinski definition) is 0. The first-order valence-electron chi connectivity index (χ1n) is 9.64. The zero-order chi connectivity index (χ0) is 18.2. The molecule has 3 aromatic carbocycles. The molecule has 0 saturated heterocycles. The number of fused-ring (bicyclic) bond motifs is 3. The van der Waals surface area contributed by atoms with E-state index in [1.165, 1.54) is 22.3 Å². The summed E-state index contributed by atoms with van der Waals surface area (Å²) in [6, 6.07) is 27.0. The molecule has 5 rings (SSSR count). The fraction of sp³-hybridized carbons (Fsp3) is 0.115. The molecule has 0 spiro atoms. The number of hydrogen-bond acceptors (Lipinski definition) is 0. The number of benzene rings is 3. The van der Waals surface area contributed by atoms with Crippen LogP contribution in [0, 0.1) is 0 Å². The third-order valence-corrected chi connectivity index (χ3v) is 13.7. The van der Waals surface area contributed by atoms with Gasteiger partial charge in [0.1, 0.15) is 0 Å². The quantitative estimate of drug-likeness (QED) is 0.365. The maximum atomic E-state index is 2.44. The van der Waals surface area contributed by atoms with Crippen molar-refractivity contribution >= 4 is 6.48 Å². The summed E-state index contributed by atoms with van der Waals surface area (Å²) in [6.45, 7) is 2.39. The Morgan fingerprint density at radius 3 is 2.17 bits per heavy atom. The third kappa shape index (κ3) is 4.06. The van der Waals surface area contributed by atoms with Crippen LogP contribution < -0.4 is 28.1 Å². The second-order valence-electron chi connectivity index (χ2n) is 7.37. The van der Waals surface area contributed by atoms with Crippen molar-refractivity contribution in [3.05, 3.63) is 114 Å². The first kappa shape index (κ1) is 22.2. The molecular formula is C26H22Cl2Zr. The van der Waals surface area contributed by atoms with E-state index in [2.05, 4.69) is 104 Å². The Morgan fingerprint density at radius 2 is 1.41 bits per heavy atom. The molecule has 0 nitrogen and oxygen atoms in total. The fourth-order valence-electron chi connectivity index (χ4n) is 4.51.